The summed E-state index contributed by atoms with van der Waals surface area (Å²) in [7, 11) is 3.31. The van der Waals surface area contributed by atoms with Gasteiger partial charge < -0.3 is 14.4 Å². The van der Waals surface area contributed by atoms with Crippen molar-refractivity contribution in [2.24, 2.45) is 0 Å². The zero-order valence-corrected chi connectivity index (χ0v) is 17.7. The Morgan fingerprint density at radius 1 is 1.29 bits per heavy atom. The van der Waals surface area contributed by atoms with E-state index in [-0.39, 0.29) is 12.5 Å². The number of hydrogen-bond acceptors (Lipinski definition) is 4. The highest BCUT2D eigenvalue weighted by Gasteiger charge is 2.36. The van der Waals surface area contributed by atoms with Crippen LogP contribution in [0.4, 0.5) is 5.69 Å². The summed E-state index contributed by atoms with van der Waals surface area (Å²) in [5, 5.41) is 0.419. The number of halogens is 1. The molecule has 0 radical (unpaired) electrons. The Labute approximate surface area is 177 Å². The molecule has 0 N–H and O–H groups in total. The molecule has 28 heavy (non-hydrogen) atoms. The maximum atomic E-state index is 13.0. The molecule has 0 spiro atoms. The number of likely N-dealkylation sites (N-methyl/N-ethyl adjacent to an activating group) is 1. The van der Waals surface area contributed by atoms with Gasteiger partial charge in [0.1, 0.15) is 12.3 Å². The first-order valence-electron chi connectivity index (χ1n) is 8.30. The highest BCUT2D eigenvalue weighted by Crippen LogP contribution is 2.38. The van der Waals surface area contributed by atoms with Crippen LogP contribution >= 0.6 is 28.1 Å². The second-order valence-electron chi connectivity index (χ2n) is 5.87. The van der Waals surface area contributed by atoms with Gasteiger partial charge in [-0.25, -0.2) is 0 Å². The molecule has 0 saturated carbocycles. The number of carbonyl (C=O) groups excluding carboxylic acids is 1. The van der Waals surface area contributed by atoms with Crippen LogP contribution in [0.5, 0.6) is 11.5 Å². The van der Waals surface area contributed by atoms with Gasteiger partial charge in [-0.1, -0.05) is 24.1 Å². The summed E-state index contributed by atoms with van der Waals surface area (Å²) in [6, 6.07) is 12.9. The summed E-state index contributed by atoms with van der Waals surface area (Å²) >= 11 is 8.95. The number of amides is 1. The van der Waals surface area contributed by atoms with Crippen molar-refractivity contribution in [2.45, 2.75) is 0 Å². The Morgan fingerprint density at radius 2 is 2.00 bits per heavy atom. The van der Waals surface area contributed by atoms with Gasteiger partial charge in [-0.3, -0.25) is 9.69 Å². The second kappa shape index (κ2) is 8.46. The summed E-state index contributed by atoms with van der Waals surface area (Å²) in [5.74, 6) is 3.25. The van der Waals surface area contributed by atoms with Crippen molar-refractivity contribution in [1.29, 1.82) is 0 Å². The third-order valence-electron chi connectivity index (χ3n) is 4.13. The minimum Gasteiger partial charge on any atom is -0.493 e. The summed E-state index contributed by atoms with van der Waals surface area (Å²) in [6.07, 6.45) is 7.02. The van der Waals surface area contributed by atoms with E-state index >= 15 is 0 Å². The highest BCUT2D eigenvalue weighted by atomic mass is 79.9. The van der Waals surface area contributed by atoms with Gasteiger partial charge in [-0.15, -0.1) is 6.42 Å². The quantitative estimate of drug-likeness (QED) is 0.385. The zero-order valence-electron chi connectivity index (χ0n) is 15.3. The molecule has 7 heteroatoms. The van der Waals surface area contributed by atoms with Crippen LogP contribution in [0.1, 0.15) is 5.56 Å². The maximum Gasteiger partial charge on any atom is 0.281 e. The van der Waals surface area contributed by atoms with Gasteiger partial charge in [-0.2, -0.15) is 0 Å². The molecule has 0 unspecified atom stereocenters. The van der Waals surface area contributed by atoms with E-state index in [0.717, 1.165) is 11.3 Å². The average Bonchev–Trinajstić information content (AvgIpc) is 2.90. The van der Waals surface area contributed by atoms with E-state index in [2.05, 4.69) is 21.9 Å². The van der Waals surface area contributed by atoms with Gasteiger partial charge in [0.2, 0.25) is 0 Å². The SMILES string of the molecule is C#CCOc1c(Br)cc(/C=C2/C(=O)N(c3ccccc3)C(=S)N2C)cc1OC. The van der Waals surface area contributed by atoms with Crippen LogP contribution in [0.15, 0.2) is 52.6 Å². The molecule has 0 atom stereocenters. The third kappa shape index (κ3) is 3.75. The lowest BCUT2D eigenvalue weighted by atomic mass is 10.1. The Morgan fingerprint density at radius 3 is 2.64 bits per heavy atom. The van der Waals surface area contributed by atoms with Gasteiger partial charge in [0, 0.05) is 7.05 Å². The number of carbonyl (C=O) groups is 1. The van der Waals surface area contributed by atoms with E-state index in [0.29, 0.717) is 26.8 Å². The van der Waals surface area contributed by atoms with Gasteiger partial charge in [0.25, 0.3) is 5.91 Å². The number of thiocarbonyl (C=S) groups is 1. The molecular weight excluding hydrogens is 440 g/mol. The predicted octanol–water partition coefficient (Wildman–Crippen LogP) is 4.07. The maximum absolute atomic E-state index is 13.0. The van der Waals surface area contributed by atoms with E-state index in [1.807, 2.05) is 36.4 Å². The fraction of sp³-hybridized carbons (Fsp3) is 0.143. The van der Waals surface area contributed by atoms with Crippen molar-refractivity contribution in [3.63, 3.8) is 0 Å². The molecule has 3 rings (SSSR count). The summed E-state index contributed by atoms with van der Waals surface area (Å²) in [5.41, 5.74) is 1.94. The molecular formula is C21H17BrN2O3S. The standard InChI is InChI=1S/C21H17BrN2O3S/c1-4-10-27-19-16(22)11-14(13-18(19)26-3)12-17-20(25)24(21(28)23(17)2)15-8-6-5-7-9-15/h1,5-9,11-13H,10H2,2-3H3/b17-12-. The second-order valence-corrected chi connectivity index (χ2v) is 7.09. The number of methoxy groups -OCH3 is 1. The molecule has 1 saturated heterocycles. The number of nitrogens with zero attached hydrogens (tertiary/aromatic N) is 2. The normalized spacial score (nSPS) is 15.1. The van der Waals surface area contributed by atoms with Crippen molar-refractivity contribution in [1.82, 2.24) is 4.90 Å². The minimum absolute atomic E-state index is 0.122. The molecule has 1 aliphatic heterocycles. The number of benzene rings is 2. The van der Waals surface area contributed by atoms with E-state index in [1.165, 1.54) is 4.90 Å². The molecule has 2 aromatic carbocycles. The van der Waals surface area contributed by atoms with E-state index in [4.69, 9.17) is 28.1 Å². The smallest absolute Gasteiger partial charge is 0.281 e. The molecule has 0 aromatic heterocycles. The van der Waals surface area contributed by atoms with Crippen LogP contribution in [-0.2, 0) is 4.79 Å². The number of hydrogen-bond donors (Lipinski definition) is 0. The lowest BCUT2D eigenvalue weighted by molar-refractivity contribution is -0.114. The van der Waals surface area contributed by atoms with E-state index in [1.54, 1.807) is 31.2 Å². The van der Waals surface area contributed by atoms with Gasteiger partial charge in [0.15, 0.2) is 16.6 Å². The molecule has 5 nitrogen and oxygen atoms in total. The monoisotopic (exact) mass is 456 g/mol. The van der Waals surface area contributed by atoms with Crippen LogP contribution in [0.3, 0.4) is 0 Å². The first kappa shape index (κ1) is 19.9. The number of terminal acetylenes is 1. The fourth-order valence-corrected chi connectivity index (χ4v) is 3.66. The lowest BCUT2D eigenvalue weighted by Crippen LogP contribution is -2.30. The van der Waals surface area contributed by atoms with Crippen molar-refractivity contribution in [2.75, 3.05) is 25.7 Å². The van der Waals surface area contributed by atoms with Crippen molar-refractivity contribution in [3.8, 4) is 23.8 Å². The molecule has 0 aliphatic carbocycles. The average molecular weight is 457 g/mol. The number of ether oxygens (including phenoxy) is 2. The van der Waals surface area contributed by atoms with Crippen LogP contribution in [0, 0.1) is 12.3 Å². The van der Waals surface area contributed by atoms with Crippen molar-refractivity contribution >= 4 is 50.9 Å². The van der Waals surface area contributed by atoms with Crippen molar-refractivity contribution in [3.05, 3.63) is 58.2 Å². The number of para-hydroxylation sites is 1. The van der Waals surface area contributed by atoms with Crippen LogP contribution in [0.2, 0.25) is 0 Å². The lowest BCUT2D eigenvalue weighted by Gasteiger charge is -2.16. The zero-order chi connectivity index (χ0) is 20.3. The summed E-state index contributed by atoms with van der Waals surface area (Å²) in [6.45, 7) is 0.122. The minimum atomic E-state index is -0.193. The van der Waals surface area contributed by atoms with Crippen LogP contribution in [-0.4, -0.2) is 36.7 Å². The molecule has 1 heterocycles. The van der Waals surface area contributed by atoms with Gasteiger partial charge in [-0.05, 0) is 64.1 Å². The fourth-order valence-electron chi connectivity index (χ4n) is 2.80. The molecule has 0 bridgehead atoms. The third-order valence-corrected chi connectivity index (χ3v) is 5.18. The van der Waals surface area contributed by atoms with Crippen LogP contribution in [0.25, 0.3) is 6.08 Å². The molecule has 1 aliphatic rings. The number of anilines is 1. The van der Waals surface area contributed by atoms with Crippen molar-refractivity contribution < 1.29 is 14.3 Å². The van der Waals surface area contributed by atoms with Gasteiger partial charge in [0.05, 0.1) is 17.3 Å². The van der Waals surface area contributed by atoms with E-state index in [9.17, 15) is 4.79 Å². The molecule has 1 amide bonds. The van der Waals surface area contributed by atoms with Gasteiger partial charge >= 0.3 is 0 Å². The number of rotatable bonds is 5. The Hall–Kier alpha value is -2.82. The summed E-state index contributed by atoms with van der Waals surface area (Å²) < 4.78 is 11.6. The first-order valence-corrected chi connectivity index (χ1v) is 9.50. The first-order chi connectivity index (χ1) is 13.5. The largest absolute Gasteiger partial charge is 0.493 e. The topological polar surface area (TPSA) is 42.0 Å². The Balaban J connectivity index is 1.99. The molecule has 142 valence electrons. The molecule has 1 fully saturated rings. The highest BCUT2D eigenvalue weighted by molar-refractivity contribution is 9.10. The Bertz CT molecular complexity index is 999. The van der Waals surface area contributed by atoms with E-state index < -0.39 is 0 Å². The van der Waals surface area contributed by atoms with Crippen LogP contribution < -0.4 is 14.4 Å². The Kier molecular flexibility index (Phi) is 6.02. The molecule has 2 aromatic rings. The summed E-state index contributed by atoms with van der Waals surface area (Å²) in [4.78, 5) is 16.2. The predicted molar refractivity (Wildman–Crippen MR) is 117 cm³/mol.